The third-order valence-electron chi connectivity index (χ3n) is 3.17. The Morgan fingerprint density at radius 1 is 1.22 bits per heavy atom. The lowest BCUT2D eigenvalue weighted by atomic mass is 10.2. The number of nitrogens with one attached hydrogen (secondary N) is 2. The van der Waals surface area contributed by atoms with E-state index in [1.54, 1.807) is 12.1 Å². The molecular formula is C17H17BrFN3O. The third kappa shape index (κ3) is 5.49. The fourth-order valence-electron chi connectivity index (χ4n) is 1.90. The van der Waals surface area contributed by atoms with E-state index in [1.807, 2.05) is 31.2 Å². The summed E-state index contributed by atoms with van der Waals surface area (Å²) in [5, 5.41) is 7.06. The van der Waals surface area contributed by atoms with E-state index in [0.717, 1.165) is 10.2 Å². The standard InChI is InChI=1S/C17H17BrFN3O/c1-2-16(21-15-9-5-13(18)6-10-15)17(23)22-20-11-12-3-7-14(19)8-4-12/h3-11,16,21H,2H2,1H3,(H,22,23)/b20-11-/t16-/m0/s1. The van der Waals surface area contributed by atoms with Crippen LogP contribution in [0.5, 0.6) is 0 Å². The van der Waals surface area contributed by atoms with E-state index in [4.69, 9.17) is 0 Å². The first-order valence-electron chi connectivity index (χ1n) is 7.19. The predicted molar refractivity (Wildman–Crippen MR) is 94.0 cm³/mol. The Morgan fingerprint density at radius 3 is 2.48 bits per heavy atom. The molecule has 0 aromatic heterocycles. The number of nitrogens with zero attached hydrogens (tertiary/aromatic N) is 1. The Labute approximate surface area is 142 Å². The van der Waals surface area contributed by atoms with Crippen molar-refractivity contribution in [2.75, 3.05) is 5.32 Å². The maximum absolute atomic E-state index is 12.8. The lowest BCUT2D eigenvalue weighted by Gasteiger charge is -2.16. The lowest BCUT2D eigenvalue weighted by Crippen LogP contribution is -2.36. The predicted octanol–water partition coefficient (Wildman–Crippen LogP) is 3.93. The van der Waals surface area contributed by atoms with E-state index >= 15 is 0 Å². The van der Waals surface area contributed by atoms with Gasteiger partial charge < -0.3 is 5.32 Å². The first kappa shape index (κ1) is 17.1. The number of carbonyl (C=O) groups excluding carboxylic acids is 1. The molecule has 0 aliphatic rings. The molecule has 0 heterocycles. The summed E-state index contributed by atoms with van der Waals surface area (Å²) in [7, 11) is 0. The normalized spacial score (nSPS) is 12.1. The second-order valence-corrected chi connectivity index (χ2v) is 5.81. The van der Waals surface area contributed by atoms with Gasteiger partial charge in [-0.3, -0.25) is 4.79 Å². The highest BCUT2D eigenvalue weighted by Gasteiger charge is 2.15. The third-order valence-corrected chi connectivity index (χ3v) is 3.70. The number of hydrogen-bond acceptors (Lipinski definition) is 3. The molecule has 0 aliphatic heterocycles. The molecule has 23 heavy (non-hydrogen) atoms. The van der Waals surface area contributed by atoms with E-state index in [-0.39, 0.29) is 17.8 Å². The number of anilines is 1. The maximum Gasteiger partial charge on any atom is 0.262 e. The van der Waals surface area contributed by atoms with Gasteiger partial charge in [0.05, 0.1) is 6.21 Å². The SMILES string of the molecule is CC[C@H](Nc1ccc(Br)cc1)C(=O)N/N=C\c1ccc(F)cc1. The number of hydrogen-bond donors (Lipinski definition) is 2. The smallest absolute Gasteiger partial charge is 0.262 e. The van der Waals surface area contributed by atoms with Gasteiger partial charge in [-0.05, 0) is 48.4 Å². The topological polar surface area (TPSA) is 53.5 Å². The van der Waals surface area contributed by atoms with Crippen molar-refractivity contribution in [2.45, 2.75) is 19.4 Å². The van der Waals surface area contributed by atoms with E-state index in [0.29, 0.717) is 12.0 Å². The molecule has 1 atom stereocenters. The number of benzene rings is 2. The zero-order valence-corrected chi connectivity index (χ0v) is 14.2. The van der Waals surface area contributed by atoms with Crippen LogP contribution in [0.2, 0.25) is 0 Å². The molecule has 2 N–H and O–H groups in total. The van der Waals surface area contributed by atoms with Gasteiger partial charge in [0, 0.05) is 10.2 Å². The summed E-state index contributed by atoms with van der Waals surface area (Å²) in [4.78, 5) is 12.1. The van der Waals surface area contributed by atoms with Crippen molar-refractivity contribution in [1.29, 1.82) is 0 Å². The molecule has 0 radical (unpaired) electrons. The van der Waals surface area contributed by atoms with Crippen LogP contribution in [0.1, 0.15) is 18.9 Å². The van der Waals surface area contributed by atoms with Gasteiger partial charge in [0.15, 0.2) is 0 Å². The van der Waals surface area contributed by atoms with Crippen LogP contribution >= 0.6 is 15.9 Å². The monoisotopic (exact) mass is 377 g/mol. The fraction of sp³-hybridized carbons (Fsp3) is 0.176. The Morgan fingerprint density at radius 2 is 1.87 bits per heavy atom. The Balaban J connectivity index is 1.91. The summed E-state index contributed by atoms with van der Waals surface area (Å²) < 4.78 is 13.8. The Hall–Kier alpha value is -2.21. The van der Waals surface area contributed by atoms with Crippen LogP contribution in [0.15, 0.2) is 58.1 Å². The molecule has 2 aromatic carbocycles. The molecule has 0 aliphatic carbocycles. The molecule has 2 aromatic rings. The maximum atomic E-state index is 12.8. The van der Waals surface area contributed by atoms with Gasteiger partial charge in [-0.1, -0.05) is 35.0 Å². The lowest BCUT2D eigenvalue weighted by molar-refractivity contribution is -0.121. The Bertz CT molecular complexity index is 671. The van der Waals surface area contributed by atoms with Crippen LogP contribution in [0.3, 0.4) is 0 Å². The minimum atomic E-state index is -0.387. The van der Waals surface area contributed by atoms with Crippen molar-refractivity contribution in [3.8, 4) is 0 Å². The molecule has 0 saturated heterocycles. The fourth-order valence-corrected chi connectivity index (χ4v) is 2.16. The van der Waals surface area contributed by atoms with Gasteiger partial charge >= 0.3 is 0 Å². The molecule has 2 rings (SSSR count). The highest BCUT2D eigenvalue weighted by atomic mass is 79.9. The van der Waals surface area contributed by atoms with Gasteiger partial charge in [-0.15, -0.1) is 0 Å². The van der Waals surface area contributed by atoms with Crippen LogP contribution < -0.4 is 10.7 Å². The first-order chi connectivity index (χ1) is 11.1. The first-order valence-corrected chi connectivity index (χ1v) is 7.98. The molecule has 0 bridgehead atoms. The van der Waals surface area contributed by atoms with Crippen molar-refractivity contribution in [3.63, 3.8) is 0 Å². The number of halogens is 2. The molecule has 1 amide bonds. The van der Waals surface area contributed by atoms with Crippen LogP contribution in [0.25, 0.3) is 0 Å². The van der Waals surface area contributed by atoms with E-state index in [2.05, 4.69) is 31.8 Å². The van der Waals surface area contributed by atoms with E-state index in [9.17, 15) is 9.18 Å². The number of amides is 1. The molecule has 0 saturated carbocycles. The van der Waals surface area contributed by atoms with Gasteiger partial charge in [0.2, 0.25) is 0 Å². The number of rotatable bonds is 6. The molecule has 4 nitrogen and oxygen atoms in total. The largest absolute Gasteiger partial charge is 0.374 e. The van der Waals surface area contributed by atoms with Crippen molar-refractivity contribution in [2.24, 2.45) is 5.10 Å². The molecule has 6 heteroatoms. The molecule has 0 spiro atoms. The van der Waals surface area contributed by atoms with Gasteiger partial charge in [0.25, 0.3) is 5.91 Å². The Kier molecular flexibility index (Phi) is 6.29. The zero-order valence-electron chi connectivity index (χ0n) is 12.6. The summed E-state index contributed by atoms with van der Waals surface area (Å²) in [5.74, 6) is -0.537. The zero-order chi connectivity index (χ0) is 16.7. The average Bonchev–Trinajstić information content (AvgIpc) is 2.56. The second kappa shape index (κ2) is 8.43. The summed E-state index contributed by atoms with van der Waals surface area (Å²) in [6.45, 7) is 1.92. The highest BCUT2D eigenvalue weighted by molar-refractivity contribution is 9.10. The highest BCUT2D eigenvalue weighted by Crippen LogP contribution is 2.15. The average molecular weight is 378 g/mol. The second-order valence-electron chi connectivity index (χ2n) is 4.90. The van der Waals surface area contributed by atoms with Gasteiger partial charge in [0.1, 0.15) is 11.9 Å². The summed E-state index contributed by atoms with van der Waals surface area (Å²) in [6.07, 6.45) is 2.09. The van der Waals surface area contributed by atoms with Crippen molar-refractivity contribution < 1.29 is 9.18 Å². The van der Waals surface area contributed by atoms with Crippen molar-refractivity contribution in [1.82, 2.24) is 5.43 Å². The van der Waals surface area contributed by atoms with Crippen LogP contribution in [-0.4, -0.2) is 18.2 Å². The molecule has 120 valence electrons. The van der Waals surface area contributed by atoms with Gasteiger partial charge in [-0.25, -0.2) is 9.82 Å². The summed E-state index contributed by atoms with van der Waals surface area (Å²) in [5.41, 5.74) is 4.06. The molecule has 0 unspecified atom stereocenters. The molecular weight excluding hydrogens is 361 g/mol. The van der Waals surface area contributed by atoms with Crippen LogP contribution in [-0.2, 0) is 4.79 Å². The number of carbonyl (C=O) groups is 1. The number of hydrazone groups is 1. The minimum Gasteiger partial charge on any atom is -0.374 e. The van der Waals surface area contributed by atoms with E-state index in [1.165, 1.54) is 18.3 Å². The van der Waals surface area contributed by atoms with Crippen molar-refractivity contribution in [3.05, 3.63) is 64.4 Å². The summed E-state index contributed by atoms with van der Waals surface area (Å²) >= 11 is 3.37. The minimum absolute atomic E-state index is 0.228. The van der Waals surface area contributed by atoms with Crippen LogP contribution in [0.4, 0.5) is 10.1 Å². The van der Waals surface area contributed by atoms with Crippen molar-refractivity contribution >= 4 is 33.7 Å². The molecule has 0 fully saturated rings. The van der Waals surface area contributed by atoms with E-state index < -0.39 is 0 Å². The van der Waals surface area contributed by atoms with Crippen LogP contribution in [0, 0.1) is 5.82 Å². The quantitative estimate of drug-likeness (QED) is 0.591. The van der Waals surface area contributed by atoms with Gasteiger partial charge in [-0.2, -0.15) is 5.10 Å². The summed E-state index contributed by atoms with van der Waals surface area (Å²) in [6, 6.07) is 13.1.